The first-order valence-electron chi connectivity index (χ1n) is 5.38. The molecular weight excluding hydrogens is 228 g/mol. The van der Waals surface area contributed by atoms with Gasteiger partial charge in [0.15, 0.2) is 0 Å². The van der Waals surface area contributed by atoms with E-state index in [-0.39, 0.29) is 5.75 Å². The number of rotatable bonds is 7. The van der Waals surface area contributed by atoms with Crippen molar-refractivity contribution < 1.29 is 8.42 Å². The summed E-state index contributed by atoms with van der Waals surface area (Å²) in [6.07, 6.45) is 6.03. The molecule has 0 radical (unpaired) electrons. The lowest BCUT2D eigenvalue weighted by Gasteiger charge is -2.06. The molecule has 1 aliphatic carbocycles. The second-order valence-corrected chi connectivity index (χ2v) is 5.83. The predicted molar refractivity (Wildman–Crippen MR) is 61.6 cm³/mol. The summed E-state index contributed by atoms with van der Waals surface area (Å²) in [6, 6.07) is 0.629. The lowest BCUT2D eigenvalue weighted by Crippen LogP contribution is -2.23. The van der Waals surface area contributed by atoms with Crippen LogP contribution in [0.5, 0.6) is 0 Å². The highest BCUT2D eigenvalue weighted by Gasteiger charge is 2.20. The third-order valence-corrected chi connectivity index (χ3v) is 3.74. The molecule has 1 saturated carbocycles. The van der Waals surface area contributed by atoms with Crippen LogP contribution in [-0.4, -0.2) is 37.0 Å². The molecule has 90 valence electrons. The zero-order valence-electron chi connectivity index (χ0n) is 8.94. The van der Waals surface area contributed by atoms with Gasteiger partial charge in [0.05, 0.1) is 17.6 Å². The minimum absolute atomic E-state index is 0.137. The first kappa shape index (κ1) is 11.4. The van der Waals surface area contributed by atoms with Crippen LogP contribution in [-0.2, 0) is 10.0 Å². The summed E-state index contributed by atoms with van der Waals surface area (Å²) in [7, 11) is -3.23. The highest BCUT2D eigenvalue weighted by molar-refractivity contribution is 7.92. The molecule has 16 heavy (non-hydrogen) atoms. The maximum Gasteiger partial charge on any atom is 0.232 e. The smallest absolute Gasteiger partial charge is 0.232 e. The molecule has 3 N–H and O–H groups in total. The van der Waals surface area contributed by atoms with Gasteiger partial charge in [-0.3, -0.25) is 9.82 Å². The van der Waals surface area contributed by atoms with Crippen LogP contribution >= 0.6 is 0 Å². The number of hydrogen-bond acceptors (Lipinski definition) is 4. The molecule has 0 amide bonds. The van der Waals surface area contributed by atoms with Gasteiger partial charge < -0.3 is 5.32 Å². The summed E-state index contributed by atoms with van der Waals surface area (Å²) in [4.78, 5) is 0. The number of aromatic nitrogens is 2. The zero-order chi connectivity index (χ0) is 11.4. The number of sulfonamides is 1. The van der Waals surface area contributed by atoms with Gasteiger partial charge in [-0.25, -0.2) is 8.42 Å². The maximum atomic E-state index is 11.6. The van der Waals surface area contributed by atoms with Crippen LogP contribution in [0, 0.1) is 0 Å². The number of H-pyrrole nitrogens is 1. The van der Waals surface area contributed by atoms with Crippen LogP contribution in [0.3, 0.4) is 0 Å². The molecule has 0 aliphatic heterocycles. The Kier molecular flexibility index (Phi) is 3.45. The Morgan fingerprint density at radius 1 is 1.50 bits per heavy atom. The van der Waals surface area contributed by atoms with Gasteiger partial charge in [-0.15, -0.1) is 0 Å². The molecule has 0 spiro atoms. The molecule has 0 bridgehead atoms. The number of hydrogen-bond donors (Lipinski definition) is 3. The van der Waals surface area contributed by atoms with Crippen molar-refractivity contribution in [2.75, 3.05) is 17.0 Å². The molecule has 0 unspecified atom stereocenters. The lowest BCUT2D eigenvalue weighted by molar-refractivity contribution is 0.593. The molecular formula is C9H16N4O2S. The monoisotopic (exact) mass is 244 g/mol. The molecule has 7 heteroatoms. The molecule has 1 aliphatic rings. The predicted octanol–water partition coefficient (Wildman–Crippen LogP) is 0.293. The molecule has 0 atom stereocenters. The normalized spacial score (nSPS) is 16.2. The van der Waals surface area contributed by atoms with Crippen LogP contribution in [0.15, 0.2) is 12.4 Å². The van der Waals surface area contributed by atoms with E-state index in [0.29, 0.717) is 18.2 Å². The van der Waals surface area contributed by atoms with Gasteiger partial charge in [0.2, 0.25) is 10.0 Å². The lowest BCUT2D eigenvalue weighted by atomic mass is 10.5. The maximum absolute atomic E-state index is 11.6. The molecule has 2 rings (SSSR count). The highest BCUT2D eigenvalue weighted by Crippen LogP contribution is 2.18. The molecule has 1 fully saturated rings. The molecule has 1 aromatic rings. The van der Waals surface area contributed by atoms with Gasteiger partial charge in [-0.1, -0.05) is 0 Å². The van der Waals surface area contributed by atoms with E-state index in [0.717, 1.165) is 6.54 Å². The minimum Gasteiger partial charge on any atom is -0.314 e. The number of anilines is 1. The molecule has 6 nitrogen and oxygen atoms in total. The Hall–Kier alpha value is -1.08. The van der Waals surface area contributed by atoms with E-state index in [1.54, 1.807) is 0 Å². The average Bonchev–Trinajstić information content (AvgIpc) is 2.91. The van der Waals surface area contributed by atoms with Crippen molar-refractivity contribution >= 4 is 15.7 Å². The average molecular weight is 244 g/mol. The van der Waals surface area contributed by atoms with Gasteiger partial charge in [-0.2, -0.15) is 5.10 Å². The zero-order valence-corrected chi connectivity index (χ0v) is 9.76. The van der Waals surface area contributed by atoms with E-state index < -0.39 is 10.0 Å². The van der Waals surface area contributed by atoms with Crippen molar-refractivity contribution in [1.29, 1.82) is 0 Å². The summed E-state index contributed by atoms with van der Waals surface area (Å²) in [5.41, 5.74) is 0.482. The van der Waals surface area contributed by atoms with E-state index in [1.807, 2.05) is 0 Å². The van der Waals surface area contributed by atoms with Crippen molar-refractivity contribution in [3.63, 3.8) is 0 Å². The van der Waals surface area contributed by atoms with Crippen LogP contribution in [0.1, 0.15) is 19.3 Å². The summed E-state index contributed by atoms with van der Waals surface area (Å²) in [5.74, 6) is 0.137. The van der Waals surface area contributed by atoms with Gasteiger partial charge in [0.1, 0.15) is 0 Å². The fraction of sp³-hybridized carbons (Fsp3) is 0.667. The standard InChI is InChI=1S/C9H16N4O2S/c14-16(15,13-9-6-11-12-7-9)5-1-4-10-8-2-3-8/h6-8,10,13H,1-5H2,(H,11,12). The third-order valence-electron chi connectivity index (χ3n) is 2.37. The van der Waals surface area contributed by atoms with E-state index in [4.69, 9.17) is 0 Å². The van der Waals surface area contributed by atoms with Gasteiger partial charge in [-0.05, 0) is 25.8 Å². The number of nitrogens with one attached hydrogen (secondary N) is 3. The van der Waals surface area contributed by atoms with Gasteiger partial charge in [0.25, 0.3) is 0 Å². The van der Waals surface area contributed by atoms with Crippen LogP contribution in [0.25, 0.3) is 0 Å². The fourth-order valence-electron chi connectivity index (χ4n) is 1.39. The van der Waals surface area contributed by atoms with Crippen LogP contribution < -0.4 is 10.0 Å². The van der Waals surface area contributed by atoms with Gasteiger partial charge in [0, 0.05) is 12.2 Å². The SMILES string of the molecule is O=S(=O)(CCCNC1CC1)Nc1cn[nH]c1. The van der Waals surface area contributed by atoms with E-state index in [2.05, 4.69) is 20.2 Å². The second kappa shape index (κ2) is 4.84. The van der Waals surface area contributed by atoms with Gasteiger partial charge >= 0.3 is 0 Å². The van der Waals surface area contributed by atoms with E-state index in [1.165, 1.54) is 25.2 Å². The van der Waals surface area contributed by atoms with Crippen molar-refractivity contribution in [3.8, 4) is 0 Å². The molecule has 0 aromatic carbocycles. The Bertz CT molecular complexity index is 411. The first-order valence-corrected chi connectivity index (χ1v) is 7.03. The summed E-state index contributed by atoms with van der Waals surface area (Å²) >= 11 is 0. The van der Waals surface area contributed by atoms with Crippen LogP contribution in [0.2, 0.25) is 0 Å². The summed E-state index contributed by atoms with van der Waals surface area (Å²) < 4.78 is 25.6. The van der Waals surface area contributed by atoms with Crippen molar-refractivity contribution in [3.05, 3.63) is 12.4 Å². The summed E-state index contributed by atoms with van der Waals surface area (Å²) in [5, 5.41) is 9.50. The van der Waals surface area contributed by atoms with Crippen molar-refractivity contribution in [1.82, 2.24) is 15.5 Å². The number of aromatic amines is 1. The Morgan fingerprint density at radius 2 is 2.31 bits per heavy atom. The Labute approximate surface area is 94.9 Å². The third kappa shape index (κ3) is 3.82. The van der Waals surface area contributed by atoms with Crippen molar-refractivity contribution in [2.24, 2.45) is 0 Å². The Morgan fingerprint density at radius 3 is 2.94 bits per heavy atom. The summed E-state index contributed by atoms with van der Waals surface area (Å²) in [6.45, 7) is 0.761. The molecule has 1 aromatic heterocycles. The van der Waals surface area contributed by atoms with E-state index in [9.17, 15) is 8.42 Å². The first-order chi connectivity index (χ1) is 7.66. The Balaban J connectivity index is 1.69. The minimum atomic E-state index is -3.23. The van der Waals surface area contributed by atoms with Crippen LogP contribution in [0.4, 0.5) is 5.69 Å². The van der Waals surface area contributed by atoms with Crippen molar-refractivity contribution in [2.45, 2.75) is 25.3 Å². The molecule has 0 saturated heterocycles. The molecule has 1 heterocycles. The fourth-order valence-corrected chi connectivity index (χ4v) is 2.49. The largest absolute Gasteiger partial charge is 0.314 e. The second-order valence-electron chi connectivity index (χ2n) is 3.99. The highest BCUT2D eigenvalue weighted by atomic mass is 32.2. The van der Waals surface area contributed by atoms with E-state index >= 15 is 0 Å². The number of nitrogens with zero attached hydrogens (tertiary/aromatic N) is 1. The topological polar surface area (TPSA) is 86.9 Å². The quantitative estimate of drug-likeness (QED) is 0.602.